The summed E-state index contributed by atoms with van der Waals surface area (Å²) in [6.45, 7) is 1.86. The smallest absolute Gasteiger partial charge is 0.0797 e. The minimum atomic E-state index is 0.819. The van der Waals surface area contributed by atoms with E-state index in [9.17, 15) is 0 Å². The third-order valence-corrected chi connectivity index (χ3v) is 1.54. The second-order valence-electron chi connectivity index (χ2n) is 1.79. The maximum absolute atomic E-state index is 5.42. The monoisotopic (exact) mass is 140 g/mol. The van der Waals surface area contributed by atoms with Gasteiger partial charge in [0.2, 0.25) is 0 Å². The minimum Gasteiger partial charge on any atom is -0.402 e. The second-order valence-corrected chi connectivity index (χ2v) is 2.71. The Morgan fingerprint density at radius 1 is 1.89 bits per heavy atom. The van der Waals surface area contributed by atoms with Crippen LogP contribution in [0.2, 0.25) is 0 Å². The van der Waals surface area contributed by atoms with Gasteiger partial charge < -0.3 is 5.73 Å². The Kier molecular flexibility index (Phi) is 1.85. The molecule has 1 aromatic rings. The van der Waals surface area contributed by atoms with Gasteiger partial charge in [0.1, 0.15) is 0 Å². The Morgan fingerprint density at radius 3 is 3.11 bits per heavy atom. The van der Waals surface area contributed by atoms with Crippen LogP contribution in [0.3, 0.4) is 0 Å². The number of rotatable bonds is 1. The molecule has 0 saturated carbocycles. The van der Waals surface area contributed by atoms with Crippen LogP contribution in [0.1, 0.15) is 11.8 Å². The lowest BCUT2D eigenvalue weighted by molar-refractivity contribution is 1.34. The molecule has 0 unspecified atom stereocenters. The van der Waals surface area contributed by atoms with E-state index in [4.69, 9.17) is 5.73 Å². The second kappa shape index (κ2) is 2.64. The maximum Gasteiger partial charge on any atom is 0.0797 e. The molecule has 0 aliphatic heterocycles. The molecule has 0 aliphatic rings. The van der Waals surface area contributed by atoms with E-state index in [1.807, 2.05) is 13.0 Å². The Morgan fingerprint density at radius 2 is 2.67 bits per heavy atom. The fraction of sp³-hybridized carbons (Fsp3) is 0.167. The van der Waals surface area contributed by atoms with Gasteiger partial charge in [0.25, 0.3) is 0 Å². The normalized spacial score (nSPS) is 11.9. The van der Waals surface area contributed by atoms with E-state index in [-0.39, 0.29) is 0 Å². The Labute approximate surface area is 58.0 Å². The summed E-state index contributed by atoms with van der Waals surface area (Å²) in [6.07, 6.45) is 3.69. The van der Waals surface area contributed by atoms with E-state index < -0.39 is 0 Å². The molecule has 0 amide bonds. The lowest BCUT2D eigenvalue weighted by Gasteiger charge is -1.84. The molecule has 2 N–H and O–H groups in total. The fourth-order valence-corrected chi connectivity index (χ4v) is 1.14. The van der Waals surface area contributed by atoms with Crippen molar-refractivity contribution >= 4 is 17.4 Å². The van der Waals surface area contributed by atoms with Gasteiger partial charge in [-0.2, -0.15) is 0 Å². The molecule has 0 radical (unpaired) electrons. The SMILES string of the molecule is C/C(N)=C/c1cncs1. The van der Waals surface area contributed by atoms with Crippen molar-refractivity contribution in [1.82, 2.24) is 4.98 Å². The highest BCUT2D eigenvalue weighted by Gasteiger charge is 1.86. The Balaban J connectivity index is 2.80. The zero-order valence-electron chi connectivity index (χ0n) is 5.16. The molecular weight excluding hydrogens is 132 g/mol. The first-order valence-electron chi connectivity index (χ1n) is 2.61. The summed E-state index contributed by atoms with van der Waals surface area (Å²) in [6, 6.07) is 0. The van der Waals surface area contributed by atoms with Crippen molar-refractivity contribution in [3.63, 3.8) is 0 Å². The number of thiazole rings is 1. The molecule has 3 heteroatoms. The zero-order chi connectivity index (χ0) is 6.69. The summed E-state index contributed by atoms with van der Waals surface area (Å²) in [4.78, 5) is 5.00. The van der Waals surface area contributed by atoms with Crippen molar-refractivity contribution in [2.45, 2.75) is 6.92 Å². The van der Waals surface area contributed by atoms with Crippen molar-refractivity contribution in [3.05, 3.63) is 22.3 Å². The van der Waals surface area contributed by atoms with Gasteiger partial charge in [-0.15, -0.1) is 11.3 Å². The molecule has 0 bridgehead atoms. The standard InChI is InChI=1S/C6H8N2S/c1-5(7)2-6-3-8-4-9-6/h2-4H,7H2,1H3/b5-2-. The van der Waals surface area contributed by atoms with Gasteiger partial charge in [-0.1, -0.05) is 0 Å². The predicted molar refractivity (Wildman–Crippen MR) is 40.0 cm³/mol. The quantitative estimate of drug-likeness (QED) is 0.641. The largest absolute Gasteiger partial charge is 0.402 e. The molecule has 48 valence electrons. The first kappa shape index (κ1) is 6.29. The van der Waals surface area contributed by atoms with Crippen LogP contribution in [0.25, 0.3) is 6.08 Å². The molecule has 9 heavy (non-hydrogen) atoms. The summed E-state index contributed by atoms with van der Waals surface area (Å²) >= 11 is 1.58. The van der Waals surface area contributed by atoms with E-state index in [1.54, 1.807) is 23.0 Å². The number of nitrogens with two attached hydrogens (primary N) is 1. The first-order valence-corrected chi connectivity index (χ1v) is 3.49. The van der Waals surface area contributed by atoms with Crippen LogP contribution in [0.4, 0.5) is 0 Å². The van der Waals surface area contributed by atoms with Gasteiger partial charge in [0, 0.05) is 16.8 Å². The molecule has 0 saturated heterocycles. The zero-order valence-corrected chi connectivity index (χ0v) is 5.98. The molecule has 0 atom stereocenters. The molecule has 0 aliphatic carbocycles. The molecular formula is C6H8N2S. The van der Waals surface area contributed by atoms with Crippen LogP contribution in [0.15, 0.2) is 17.4 Å². The van der Waals surface area contributed by atoms with Crippen LogP contribution in [0, 0.1) is 0 Å². The number of hydrogen-bond acceptors (Lipinski definition) is 3. The molecule has 1 heterocycles. The van der Waals surface area contributed by atoms with E-state index in [2.05, 4.69) is 4.98 Å². The van der Waals surface area contributed by atoms with Gasteiger partial charge in [-0.05, 0) is 13.0 Å². The van der Waals surface area contributed by atoms with Gasteiger partial charge in [-0.3, -0.25) is 4.98 Å². The van der Waals surface area contributed by atoms with Gasteiger partial charge in [0.15, 0.2) is 0 Å². The maximum atomic E-state index is 5.42. The third kappa shape index (κ3) is 1.85. The number of nitrogens with zero attached hydrogens (tertiary/aromatic N) is 1. The summed E-state index contributed by atoms with van der Waals surface area (Å²) in [5, 5.41) is 0. The number of hydrogen-bond donors (Lipinski definition) is 1. The van der Waals surface area contributed by atoms with Crippen molar-refractivity contribution in [2.75, 3.05) is 0 Å². The van der Waals surface area contributed by atoms with Crippen LogP contribution >= 0.6 is 11.3 Å². The van der Waals surface area contributed by atoms with Crippen molar-refractivity contribution in [2.24, 2.45) is 5.73 Å². The first-order chi connectivity index (χ1) is 4.29. The van der Waals surface area contributed by atoms with Crippen LogP contribution in [-0.2, 0) is 0 Å². The minimum absolute atomic E-state index is 0.819. The highest BCUT2D eigenvalue weighted by atomic mass is 32.1. The van der Waals surface area contributed by atoms with Gasteiger partial charge in [0.05, 0.1) is 5.51 Å². The van der Waals surface area contributed by atoms with Crippen molar-refractivity contribution in [3.8, 4) is 0 Å². The molecule has 1 aromatic heterocycles. The van der Waals surface area contributed by atoms with Crippen LogP contribution in [-0.4, -0.2) is 4.98 Å². The molecule has 0 fully saturated rings. The topological polar surface area (TPSA) is 38.9 Å². The Hall–Kier alpha value is -0.830. The summed E-state index contributed by atoms with van der Waals surface area (Å²) in [5.74, 6) is 0. The van der Waals surface area contributed by atoms with Crippen LogP contribution in [0.5, 0.6) is 0 Å². The molecule has 2 nitrogen and oxygen atoms in total. The average molecular weight is 140 g/mol. The highest BCUT2D eigenvalue weighted by molar-refractivity contribution is 7.10. The number of aromatic nitrogens is 1. The third-order valence-electron chi connectivity index (χ3n) is 0.821. The fourth-order valence-electron chi connectivity index (χ4n) is 0.521. The lowest BCUT2D eigenvalue weighted by Crippen LogP contribution is -1.87. The van der Waals surface area contributed by atoms with Crippen molar-refractivity contribution < 1.29 is 0 Å². The number of allylic oxidation sites excluding steroid dienone is 1. The highest BCUT2D eigenvalue weighted by Crippen LogP contribution is 2.07. The van der Waals surface area contributed by atoms with E-state index >= 15 is 0 Å². The molecule has 0 aromatic carbocycles. The lowest BCUT2D eigenvalue weighted by atomic mass is 10.4. The van der Waals surface area contributed by atoms with Crippen molar-refractivity contribution in [1.29, 1.82) is 0 Å². The van der Waals surface area contributed by atoms with Gasteiger partial charge >= 0.3 is 0 Å². The summed E-state index contributed by atoms with van der Waals surface area (Å²) in [5.41, 5.74) is 8.03. The average Bonchev–Trinajstić information content (AvgIpc) is 2.15. The van der Waals surface area contributed by atoms with Crippen LogP contribution < -0.4 is 5.73 Å². The van der Waals surface area contributed by atoms with Gasteiger partial charge in [-0.25, -0.2) is 0 Å². The molecule has 0 spiro atoms. The van der Waals surface area contributed by atoms with E-state index in [0.29, 0.717) is 0 Å². The summed E-state index contributed by atoms with van der Waals surface area (Å²) < 4.78 is 0. The Bertz CT molecular complexity index is 197. The predicted octanol–water partition coefficient (Wildman–Crippen LogP) is 1.46. The summed E-state index contributed by atoms with van der Waals surface area (Å²) in [7, 11) is 0. The molecule has 1 rings (SSSR count). The van der Waals surface area contributed by atoms with E-state index in [0.717, 1.165) is 10.6 Å². The van der Waals surface area contributed by atoms with E-state index in [1.165, 1.54) is 0 Å².